The van der Waals surface area contributed by atoms with Gasteiger partial charge < -0.3 is 15.4 Å². The summed E-state index contributed by atoms with van der Waals surface area (Å²) in [4.78, 5) is 10.9. The van der Waals surface area contributed by atoms with Gasteiger partial charge in [-0.15, -0.1) is 11.3 Å². The van der Waals surface area contributed by atoms with Crippen molar-refractivity contribution in [1.29, 1.82) is 0 Å². The number of pyridine rings is 1. The summed E-state index contributed by atoms with van der Waals surface area (Å²) >= 11 is 1.50. The van der Waals surface area contributed by atoms with E-state index < -0.39 is 0 Å². The fourth-order valence-corrected chi connectivity index (χ4v) is 2.67. The second kappa shape index (κ2) is 4.45. The fourth-order valence-electron chi connectivity index (χ4n) is 2.02. The lowest BCUT2D eigenvalue weighted by atomic mass is 9.97. The standard InChI is InChI=1S/C12H14N4OS/c1-17-9-2-3-11(14-4-9)16-5-8(6-16)10-7-18-12(13)15-10/h2-4,7-8H,5-6H2,1H3,(H2,13,15). The van der Waals surface area contributed by atoms with E-state index in [1.54, 1.807) is 13.3 Å². The maximum Gasteiger partial charge on any atom is 0.180 e. The second-order valence-corrected chi connectivity index (χ2v) is 5.16. The Morgan fingerprint density at radius 1 is 1.44 bits per heavy atom. The predicted molar refractivity (Wildman–Crippen MR) is 72.3 cm³/mol. The van der Waals surface area contributed by atoms with Crippen molar-refractivity contribution < 1.29 is 4.74 Å². The van der Waals surface area contributed by atoms with E-state index in [-0.39, 0.29) is 0 Å². The zero-order valence-electron chi connectivity index (χ0n) is 10.0. The molecule has 94 valence electrons. The molecule has 18 heavy (non-hydrogen) atoms. The lowest BCUT2D eigenvalue weighted by Gasteiger charge is -2.39. The highest BCUT2D eigenvalue weighted by Gasteiger charge is 2.30. The molecule has 0 bridgehead atoms. The monoisotopic (exact) mass is 262 g/mol. The number of hydrogen-bond donors (Lipinski definition) is 1. The lowest BCUT2D eigenvalue weighted by Crippen LogP contribution is -2.45. The van der Waals surface area contributed by atoms with Crippen LogP contribution in [0.1, 0.15) is 11.6 Å². The number of nitrogens with zero attached hydrogens (tertiary/aromatic N) is 3. The van der Waals surface area contributed by atoms with Gasteiger partial charge in [-0.25, -0.2) is 9.97 Å². The van der Waals surface area contributed by atoms with Gasteiger partial charge in [0.25, 0.3) is 0 Å². The van der Waals surface area contributed by atoms with Crippen LogP contribution in [-0.4, -0.2) is 30.2 Å². The Morgan fingerprint density at radius 3 is 2.83 bits per heavy atom. The van der Waals surface area contributed by atoms with Gasteiger partial charge in [-0.05, 0) is 12.1 Å². The highest BCUT2D eigenvalue weighted by atomic mass is 32.1. The fraction of sp³-hybridized carbons (Fsp3) is 0.333. The molecule has 3 heterocycles. The van der Waals surface area contributed by atoms with Crippen LogP contribution < -0.4 is 15.4 Å². The molecule has 0 amide bonds. The largest absolute Gasteiger partial charge is 0.495 e. The molecule has 6 heteroatoms. The summed E-state index contributed by atoms with van der Waals surface area (Å²) in [5.74, 6) is 2.24. The first-order chi connectivity index (χ1) is 8.76. The molecular formula is C12H14N4OS. The number of anilines is 2. The summed E-state index contributed by atoms with van der Waals surface area (Å²) in [5.41, 5.74) is 6.74. The predicted octanol–water partition coefficient (Wildman–Crippen LogP) is 1.73. The highest BCUT2D eigenvalue weighted by Crippen LogP contribution is 2.31. The van der Waals surface area contributed by atoms with Crippen LogP contribution in [0.3, 0.4) is 0 Å². The molecule has 0 atom stereocenters. The molecule has 0 unspecified atom stereocenters. The lowest BCUT2D eigenvalue weighted by molar-refractivity contribution is 0.412. The van der Waals surface area contributed by atoms with Gasteiger partial charge in [0.1, 0.15) is 11.6 Å². The molecule has 0 radical (unpaired) electrons. The van der Waals surface area contributed by atoms with Crippen LogP contribution in [0.25, 0.3) is 0 Å². The average molecular weight is 262 g/mol. The minimum Gasteiger partial charge on any atom is -0.495 e. The zero-order valence-corrected chi connectivity index (χ0v) is 10.9. The SMILES string of the molecule is COc1ccc(N2CC(c3csc(N)n3)C2)nc1. The van der Waals surface area contributed by atoms with Crippen LogP contribution in [-0.2, 0) is 0 Å². The maximum atomic E-state index is 5.64. The molecule has 1 fully saturated rings. The van der Waals surface area contributed by atoms with Crippen LogP contribution in [0, 0.1) is 0 Å². The van der Waals surface area contributed by atoms with Crippen molar-refractivity contribution in [1.82, 2.24) is 9.97 Å². The van der Waals surface area contributed by atoms with E-state index >= 15 is 0 Å². The Morgan fingerprint density at radius 2 is 2.28 bits per heavy atom. The van der Waals surface area contributed by atoms with Crippen molar-refractivity contribution in [3.05, 3.63) is 29.4 Å². The molecule has 2 aromatic rings. The van der Waals surface area contributed by atoms with E-state index in [0.29, 0.717) is 11.0 Å². The van der Waals surface area contributed by atoms with Crippen molar-refractivity contribution >= 4 is 22.3 Å². The summed E-state index contributed by atoms with van der Waals surface area (Å²) in [6.07, 6.45) is 1.74. The molecule has 3 rings (SSSR count). The van der Waals surface area contributed by atoms with Crippen LogP contribution >= 0.6 is 11.3 Å². The molecule has 1 aliphatic heterocycles. The Balaban J connectivity index is 1.64. The Labute approximate surface area is 109 Å². The molecule has 5 nitrogen and oxygen atoms in total. The number of nitrogen functional groups attached to an aromatic ring is 1. The maximum absolute atomic E-state index is 5.64. The van der Waals surface area contributed by atoms with Crippen molar-refractivity contribution in [3.8, 4) is 5.75 Å². The second-order valence-electron chi connectivity index (χ2n) is 4.27. The molecule has 0 saturated carbocycles. The minimum atomic E-state index is 0.474. The van der Waals surface area contributed by atoms with E-state index in [4.69, 9.17) is 10.5 Å². The summed E-state index contributed by atoms with van der Waals surface area (Å²) in [7, 11) is 1.64. The number of nitrogens with two attached hydrogens (primary N) is 1. The van der Waals surface area contributed by atoms with Crippen molar-refractivity contribution in [2.75, 3.05) is 30.8 Å². The first kappa shape index (κ1) is 11.3. The Hall–Kier alpha value is -1.82. The molecule has 0 spiro atoms. The quantitative estimate of drug-likeness (QED) is 0.912. The third-order valence-electron chi connectivity index (χ3n) is 3.12. The van der Waals surface area contributed by atoms with E-state index in [2.05, 4.69) is 14.9 Å². The highest BCUT2D eigenvalue weighted by molar-refractivity contribution is 7.13. The van der Waals surface area contributed by atoms with Gasteiger partial charge in [-0.3, -0.25) is 0 Å². The van der Waals surface area contributed by atoms with Gasteiger partial charge in [0.05, 0.1) is 19.0 Å². The van der Waals surface area contributed by atoms with E-state index in [1.165, 1.54) is 11.3 Å². The molecule has 0 aromatic carbocycles. The number of rotatable bonds is 3. The molecule has 0 aliphatic carbocycles. The van der Waals surface area contributed by atoms with Crippen molar-refractivity contribution in [3.63, 3.8) is 0 Å². The first-order valence-corrected chi connectivity index (χ1v) is 6.60. The summed E-state index contributed by atoms with van der Waals surface area (Å²) in [6, 6.07) is 3.90. The topological polar surface area (TPSA) is 64.3 Å². The van der Waals surface area contributed by atoms with Crippen LogP contribution in [0.2, 0.25) is 0 Å². The number of methoxy groups -OCH3 is 1. The third-order valence-corrected chi connectivity index (χ3v) is 3.81. The van der Waals surface area contributed by atoms with E-state index in [9.17, 15) is 0 Å². The van der Waals surface area contributed by atoms with E-state index in [0.717, 1.165) is 30.4 Å². The first-order valence-electron chi connectivity index (χ1n) is 5.72. The third kappa shape index (κ3) is 1.99. The summed E-state index contributed by atoms with van der Waals surface area (Å²) in [5, 5.41) is 2.68. The Kier molecular flexibility index (Phi) is 2.79. The Bertz CT molecular complexity index is 533. The average Bonchev–Trinajstić information content (AvgIpc) is 2.75. The van der Waals surface area contributed by atoms with E-state index in [1.807, 2.05) is 17.5 Å². The van der Waals surface area contributed by atoms with Crippen molar-refractivity contribution in [2.45, 2.75) is 5.92 Å². The minimum absolute atomic E-state index is 0.474. The van der Waals surface area contributed by atoms with Gasteiger partial charge in [0, 0.05) is 24.4 Å². The van der Waals surface area contributed by atoms with Crippen LogP contribution in [0.4, 0.5) is 10.9 Å². The van der Waals surface area contributed by atoms with Gasteiger partial charge in [0.2, 0.25) is 0 Å². The van der Waals surface area contributed by atoms with Crippen LogP contribution in [0.15, 0.2) is 23.7 Å². The molecule has 2 N–H and O–H groups in total. The molecule has 1 saturated heterocycles. The van der Waals surface area contributed by atoms with Gasteiger partial charge in [-0.1, -0.05) is 0 Å². The van der Waals surface area contributed by atoms with Crippen LogP contribution in [0.5, 0.6) is 5.75 Å². The van der Waals surface area contributed by atoms with Gasteiger partial charge >= 0.3 is 0 Å². The van der Waals surface area contributed by atoms with Gasteiger partial charge in [0.15, 0.2) is 5.13 Å². The molecule has 2 aromatic heterocycles. The van der Waals surface area contributed by atoms with Crippen molar-refractivity contribution in [2.24, 2.45) is 0 Å². The number of hydrogen-bond acceptors (Lipinski definition) is 6. The smallest absolute Gasteiger partial charge is 0.180 e. The number of ether oxygens (including phenoxy) is 1. The summed E-state index contributed by atoms with van der Waals surface area (Å²) < 4.78 is 5.09. The van der Waals surface area contributed by atoms with Gasteiger partial charge in [-0.2, -0.15) is 0 Å². The zero-order chi connectivity index (χ0) is 12.5. The summed E-state index contributed by atoms with van der Waals surface area (Å²) in [6.45, 7) is 1.89. The molecular weight excluding hydrogens is 248 g/mol. The molecule has 1 aliphatic rings. The normalized spacial score (nSPS) is 15.5. The number of thiazole rings is 1. The number of aromatic nitrogens is 2.